The third-order valence-corrected chi connectivity index (χ3v) is 8.68. The summed E-state index contributed by atoms with van der Waals surface area (Å²) in [7, 11) is -3.54. The topological polar surface area (TPSA) is 66.9 Å². The van der Waals surface area contributed by atoms with Crippen LogP contribution in [0.25, 0.3) is 0 Å². The third kappa shape index (κ3) is 4.14. The van der Waals surface area contributed by atoms with Crippen LogP contribution in [-0.4, -0.2) is 44.9 Å². The van der Waals surface area contributed by atoms with E-state index >= 15 is 0 Å². The Morgan fingerprint density at radius 3 is 2.26 bits per heavy atom. The van der Waals surface area contributed by atoms with Gasteiger partial charge in [-0.15, -0.1) is 0 Å². The summed E-state index contributed by atoms with van der Waals surface area (Å²) in [5.74, 6) is 0.123. The van der Waals surface area contributed by atoms with Gasteiger partial charge in [0.2, 0.25) is 15.9 Å². The number of ether oxygens (including phenoxy) is 1. The van der Waals surface area contributed by atoms with E-state index in [1.807, 2.05) is 55.1 Å². The highest BCUT2D eigenvalue weighted by molar-refractivity contribution is 7.89. The smallest absolute Gasteiger partial charge is 0.243 e. The Kier molecular flexibility index (Phi) is 6.19. The number of benzene rings is 2. The van der Waals surface area contributed by atoms with Crippen molar-refractivity contribution in [3.05, 3.63) is 59.7 Å². The van der Waals surface area contributed by atoms with Gasteiger partial charge in [0.1, 0.15) is 0 Å². The van der Waals surface area contributed by atoms with Crippen molar-refractivity contribution in [1.82, 2.24) is 4.31 Å². The van der Waals surface area contributed by atoms with Crippen molar-refractivity contribution in [1.29, 1.82) is 0 Å². The molecule has 2 saturated heterocycles. The number of carbonyl (C=O) groups is 1. The van der Waals surface area contributed by atoms with E-state index in [2.05, 4.69) is 0 Å². The molecular formula is C24H30N2O4S. The lowest BCUT2D eigenvalue weighted by atomic mass is 9.77. The first kappa shape index (κ1) is 22.0. The van der Waals surface area contributed by atoms with Crippen LogP contribution in [0.4, 0.5) is 5.69 Å². The minimum Gasteiger partial charge on any atom is -0.377 e. The summed E-state index contributed by atoms with van der Waals surface area (Å²) in [6.07, 6.45) is 1.90. The highest BCUT2D eigenvalue weighted by atomic mass is 32.2. The molecule has 166 valence electrons. The maximum atomic E-state index is 13.4. The van der Waals surface area contributed by atoms with Gasteiger partial charge in [-0.3, -0.25) is 4.79 Å². The first-order valence-corrected chi connectivity index (χ1v) is 12.4. The largest absolute Gasteiger partial charge is 0.377 e. The minimum absolute atomic E-state index is 0.123. The molecule has 31 heavy (non-hydrogen) atoms. The monoisotopic (exact) mass is 442 g/mol. The molecule has 2 aromatic rings. The maximum Gasteiger partial charge on any atom is 0.243 e. The summed E-state index contributed by atoms with van der Waals surface area (Å²) in [6.45, 7) is 6.46. The van der Waals surface area contributed by atoms with Crippen LogP contribution in [0.3, 0.4) is 0 Å². The first-order valence-electron chi connectivity index (χ1n) is 10.9. The fourth-order valence-corrected chi connectivity index (χ4v) is 6.33. The van der Waals surface area contributed by atoms with Crippen LogP contribution < -0.4 is 4.90 Å². The van der Waals surface area contributed by atoms with Gasteiger partial charge in [-0.25, -0.2) is 8.42 Å². The molecule has 7 heteroatoms. The number of rotatable bonds is 6. The Morgan fingerprint density at radius 2 is 1.61 bits per heavy atom. The molecule has 0 saturated carbocycles. The van der Waals surface area contributed by atoms with E-state index < -0.39 is 15.4 Å². The zero-order chi connectivity index (χ0) is 22.1. The number of nitrogens with zero attached hydrogens (tertiary/aromatic N) is 2. The van der Waals surface area contributed by atoms with Crippen molar-refractivity contribution < 1.29 is 17.9 Å². The van der Waals surface area contributed by atoms with E-state index in [-0.39, 0.29) is 5.91 Å². The highest BCUT2D eigenvalue weighted by Gasteiger charge is 2.49. The molecule has 0 aliphatic carbocycles. The molecule has 6 nitrogen and oxygen atoms in total. The van der Waals surface area contributed by atoms with Gasteiger partial charge < -0.3 is 9.64 Å². The summed E-state index contributed by atoms with van der Waals surface area (Å²) in [5, 5.41) is 0. The summed E-state index contributed by atoms with van der Waals surface area (Å²) in [6, 6.07) is 15.0. The number of sulfonamides is 1. The van der Waals surface area contributed by atoms with E-state index in [4.69, 9.17) is 4.74 Å². The molecule has 2 aliphatic rings. The third-order valence-electron chi connectivity index (χ3n) is 6.62. The lowest BCUT2D eigenvalue weighted by Crippen LogP contribution is -2.46. The fraction of sp³-hybridized carbons (Fsp3) is 0.458. The zero-order valence-electron chi connectivity index (χ0n) is 18.2. The van der Waals surface area contributed by atoms with Crippen LogP contribution in [0.1, 0.15) is 37.3 Å². The van der Waals surface area contributed by atoms with Gasteiger partial charge in [0.15, 0.2) is 0 Å². The Hall–Kier alpha value is -2.22. The van der Waals surface area contributed by atoms with Crippen molar-refractivity contribution in [2.24, 2.45) is 5.41 Å². The number of anilines is 1. The van der Waals surface area contributed by atoms with Crippen LogP contribution in [-0.2, 0) is 26.2 Å². The summed E-state index contributed by atoms with van der Waals surface area (Å²) in [4.78, 5) is 15.6. The summed E-state index contributed by atoms with van der Waals surface area (Å²) >= 11 is 0. The molecule has 0 unspecified atom stereocenters. The SMILES string of the molecule is CCOCc1ccc(N2CCC3(CCN(S(=O)(=O)c4ccccc4C)CC3)C2=O)cc1. The normalized spacial score (nSPS) is 19.3. The zero-order valence-corrected chi connectivity index (χ0v) is 19.0. The number of piperidine rings is 1. The van der Waals surface area contributed by atoms with Crippen molar-refractivity contribution in [3.8, 4) is 0 Å². The van der Waals surface area contributed by atoms with Gasteiger partial charge >= 0.3 is 0 Å². The van der Waals surface area contributed by atoms with Crippen molar-refractivity contribution in [2.75, 3.05) is 31.1 Å². The van der Waals surface area contributed by atoms with Gasteiger partial charge in [-0.2, -0.15) is 4.31 Å². The minimum atomic E-state index is -3.54. The number of hydrogen-bond acceptors (Lipinski definition) is 4. The molecule has 2 aliphatic heterocycles. The van der Waals surface area contributed by atoms with Crippen LogP contribution in [0.2, 0.25) is 0 Å². The van der Waals surface area contributed by atoms with E-state index in [0.717, 1.165) is 23.2 Å². The van der Waals surface area contributed by atoms with E-state index in [9.17, 15) is 13.2 Å². The Labute approximate surface area is 184 Å². The van der Waals surface area contributed by atoms with Gasteiger partial charge in [0, 0.05) is 31.9 Å². The van der Waals surface area contributed by atoms with Crippen molar-refractivity contribution >= 4 is 21.6 Å². The second-order valence-electron chi connectivity index (χ2n) is 8.46. The number of aryl methyl sites for hydroxylation is 1. The first-order chi connectivity index (χ1) is 14.9. The molecule has 1 amide bonds. The van der Waals surface area contributed by atoms with Gasteiger partial charge in [-0.1, -0.05) is 30.3 Å². The van der Waals surface area contributed by atoms with Gasteiger partial charge in [0.05, 0.1) is 16.9 Å². The molecule has 0 radical (unpaired) electrons. The van der Waals surface area contributed by atoms with Crippen LogP contribution >= 0.6 is 0 Å². The number of hydrogen-bond donors (Lipinski definition) is 0. The summed E-state index contributed by atoms with van der Waals surface area (Å²) < 4.78 is 33.2. The molecule has 1 spiro atoms. The molecule has 0 aromatic heterocycles. The van der Waals surface area contributed by atoms with Gasteiger partial charge in [0.25, 0.3) is 0 Å². The van der Waals surface area contributed by atoms with Crippen molar-refractivity contribution in [2.45, 2.75) is 44.6 Å². The van der Waals surface area contributed by atoms with Crippen LogP contribution in [0.5, 0.6) is 0 Å². The average Bonchev–Trinajstić information content (AvgIpc) is 3.09. The predicted octanol–water partition coefficient (Wildman–Crippen LogP) is 3.74. The molecular weight excluding hydrogens is 412 g/mol. The Bertz CT molecular complexity index is 1040. The number of amides is 1. The fourth-order valence-electron chi connectivity index (χ4n) is 4.66. The van der Waals surface area contributed by atoms with Crippen molar-refractivity contribution in [3.63, 3.8) is 0 Å². The standard InChI is InChI=1S/C24H30N2O4S/c1-3-30-18-20-8-10-21(11-9-20)26-17-14-24(23(26)27)12-15-25(16-13-24)31(28,29)22-7-5-4-6-19(22)2/h4-11H,3,12-18H2,1-2H3. The lowest BCUT2D eigenvalue weighted by Gasteiger charge is -2.37. The Balaban J connectivity index is 1.44. The average molecular weight is 443 g/mol. The molecule has 2 fully saturated rings. The second-order valence-corrected chi connectivity index (χ2v) is 10.4. The van der Waals surface area contributed by atoms with Crippen LogP contribution in [0, 0.1) is 12.3 Å². The molecule has 0 N–H and O–H groups in total. The number of carbonyl (C=O) groups excluding carboxylic acids is 1. The quantitative estimate of drug-likeness (QED) is 0.684. The molecule has 2 heterocycles. The molecule has 0 atom stereocenters. The van der Waals surface area contributed by atoms with E-state index in [0.29, 0.717) is 50.6 Å². The predicted molar refractivity (Wildman–Crippen MR) is 120 cm³/mol. The summed E-state index contributed by atoms with van der Waals surface area (Å²) in [5.41, 5.74) is 2.28. The highest BCUT2D eigenvalue weighted by Crippen LogP contribution is 2.44. The lowest BCUT2D eigenvalue weighted by molar-refractivity contribution is -0.127. The van der Waals surface area contributed by atoms with Gasteiger partial charge in [-0.05, 0) is 62.4 Å². The molecule has 4 rings (SSSR count). The molecule has 2 aromatic carbocycles. The van der Waals surface area contributed by atoms with Crippen LogP contribution in [0.15, 0.2) is 53.4 Å². The second kappa shape index (κ2) is 8.73. The van der Waals surface area contributed by atoms with E-state index in [1.165, 1.54) is 0 Å². The van der Waals surface area contributed by atoms with E-state index in [1.54, 1.807) is 16.4 Å². The maximum absolute atomic E-state index is 13.4. The molecule has 0 bridgehead atoms. The Morgan fingerprint density at radius 1 is 0.968 bits per heavy atom.